The fraction of sp³-hybridized carbons (Fsp3) is 0.333. The van der Waals surface area contributed by atoms with E-state index < -0.39 is 17.7 Å². The average molecular weight is 425 g/mol. The van der Waals surface area contributed by atoms with Gasteiger partial charge in [0.25, 0.3) is 11.7 Å². The SMILES string of the molecule is CCOc1ccc(/C(O)=C2\C(=O)C(=O)N(CCOCCO)[C@H]2c2ccc(C)cc2)cc1. The lowest BCUT2D eigenvalue weighted by Gasteiger charge is -2.25. The van der Waals surface area contributed by atoms with Crippen molar-refractivity contribution in [3.63, 3.8) is 0 Å². The number of nitrogens with zero attached hydrogens (tertiary/aromatic N) is 1. The highest BCUT2D eigenvalue weighted by Gasteiger charge is 2.45. The molecule has 0 saturated carbocycles. The van der Waals surface area contributed by atoms with Crippen molar-refractivity contribution in [3.8, 4) is 5.75 Å². The summed E-state index contributed by atoms with van der Waals surface area (Å²) in [6.07, 6.45) is 0. The van der Waals surface area contributed by atoms with Gasteiger partial charge in [0.15, 0.2) is 0 Å². The van der Waals surface area contributed by atoms with Crippen LogP contribution in [0, 0.1) is 6.92 Å². The molecule has 1 saturated heterocycles. The number of ether oxygens (including phenoxy) is 2. The van der Waals surface area contributed by atoms with Gasteiger partial charge in [0, 0.05) is 12.1 Å². The summed E-state index contributed by atoms with van der Waals surface area (Å²) in [5.41, 5.74) is 2.23. The third-order valence-electron chi connectivity index (χ3n) is 5.08. The Morgan fingerprint density at radius 3 is 2.32 bits per heavy atom. The van der Waals surface area contributed by atoms with E-state index in [1.807, 2.05) is 38.1 Å². The number of aliphatic hydroxyl groups is 2. The molecular formula is C24H27NO6. The molecule has 1 fully saturated rings. The second kappa shape index (κ2) is 10.2. The summed E-state index contributed by atoms with van der Waals surface area (Å²) in [6.45, 7) is 4.68. The number of ketones is 1. The minimum Gasteiger partial charge on any atom is -0.507 e. The number of aliphatic hydroxyl groups excluding tert-OH is 2. The standard InChI is InChI=1S/C24H27NO6/c1-3-31-19-10-8-18(9-11-19)22(27)20-21(17-6-4-16(2)5-7-17)25(24(29)23(20)28)12-14-30-15-13-26/h4-11,21,26-27H,3,12-15H2,1-2H3/b22-20+/t21-/m0/s1. The fourth-order valence-electron chi connectivity index (χ4n) is 3.57. The summed E-state index contributed by atoms with van der Waals surface area (Å²) in [4.78, 5) is 27.1. The number of carbonyl (C=O) groups is 2. The van der Waals surface area contributed by atoms with Gasteiger partial charge in [0.2, 0.25) is 0 Å². The van der Waals surface area contributed by atoms with E-state index in [0.29, 0.717) is 17.9 Å². The summed E-state index contributed by atoms with van der Waals surface area (Å²) < 4.78 is 10.7. The number of rotatable bonds is 9. The molecule has 3 rings (SSSR count). The molecule has 1 heterocycles. The normalized spacial score (nSPS) is 17.9. The Labute approximate surface area is 181 Å². The van der Waals surface area contributed by atoms with Gasteiger partial charge in [-0.15, -0.1) is 0 Å². The maximum atomic E-state index is 12.9. The van der Waals surface area contributed by atoms with Gasteiger partial charge in [-0.3, -0.25) is 9.59 Å². The predicted octanol–water partition coefficient (Wildman–Crippen LogP) is 2.82. The molecule has 1 atom stereocenters. The largest absolute Gasteiger partial charge is 0.507 e. The highest BCUT2D eigenvalue weighted by atomic mass is 16.5. The van der Waals surface area contributed by atoms with Gasteiger partial charge in [0.05, 0.1) is 38.0 Å². The third-order valence-corrected chi connectivity index (χ3v) is 5.08. The molecule has 2 aromatic carbocycles. The summed E-state index contributed by atoms with van der Waals surface area (Å²) in [6, 6.07) is 13.5. The lowest BCUT2D eigenvalue weighted by Crippen LogP contribution is -2.33. The van der Waals surface area contributed by atoms with Crippen LogP contribution in [0.3, 0.4) is 0 Å². The molecule has 2 aromatic rings. The number of carbonyl (C=O) groups excluding carboxylic acids is 2. The first-order chi connectivity index (χ1) is 15.0. The first kappa shape index (κ1) is 22.5. The zero-order chi connectivity index (χ0) is 22.4. The van der Waals surface area contributed by atoms with Crippen molar-refractivity contribution in [2.24, 2.45) is 0 Å². The van der Waals surface area contributed by atoms with Crippen molar-refractivity contribution in [3.05, 3.63) is 70.8 Å². The van der Waals surface area contributed by atoms with Crippen molar-refractivity contribution >= 4 is 17.4 Å². The van der Waals surface area contributed by atoms with E-state index in [1.165, 1.54) is 4.90 Å². The molecule has 7 nitrogen and oxygen atoms in total. The average Bonchev–Trinajstić information content (AvgIpc) is 3.02. The van der Waals surface area contributed by atoms with Crippen molar-refractivity contribution in [1.29, 1.82) is 0 Å². The van der Waals surface area contributed by atoms with Gasteiger partial charge in [-0.25, -0.2) is 0 Å². The minimum absolute atomic E-state index is 0.0418. The van der Waals surface area contributed by atoms with Crippen LogP contribution in [0.1, 0.15) is 29.7 Å². The van der Waals surface area contributed by atoms with E-state index >= 15 is 0 Å². The van der Waals surface area contributed by atoms with Gasteiger partial charge >= 0.3 is 0 Å². The smallest absolute Gasteiger partial charge is 0.295 e. The maximum absolute atomic E-state index is 12.9. The van der Waals surface area contributed by atoms with Crippen LogP contribution in [0.15, 0.2) is 54.1 Å². The number of aryl methyl sites for hydroxylation is 1. The molecule has 31 heavy (non-hydrogen) atoms. The molecule has 1 aliphatic rings. The van der Waals surface area contributed by atoms with Crippen molar-refractivity contribution in [2.75, 3.05) is 33.0 Å². The van der Waals surface area contributed by atoms with Crippen molar-refractivity contribution < 1.29 is 29.3 Å². The predicted molar refractivity (Wildman–Crippen MR) is 116 cm³/mol. The molecule has 1 amide bonds. The van der Waals surface area contributed by atoms with Crippen LogP contribution < -0.4 is 4.74 Å². The van der Waals surface area contributed by atoms with Crippen LogP contribution in [-0.2, 0) is 14.3 Å². The van der Waals surface area contributed by atoms with Crippen LogP contribution in [0.5, 0.6) is 5.75 Å². The van der Waals surface area contributed by atoms with Crippen LogP contribution >= 0.6 is 0 Å². The molecule has 0 aliphatic carbocycles. The van der Waals surface area contributed by atoms with E-state index in [-0.39, 0.29) is 37.7 Å². The highest BCUT2D eigenvalue weighted by Crippen LogP contribution is 2.39. The lowest BCUT2D eigenvalue weighted by atomic mass is 9.94. The van der Waals surface area contributed by atoms with Crippen LogP contribution in [-0.4, -0.2) is 59.8 Å². The molecule has 7 heteroatoms. The monoisotopic (exact) mass is 425 g/mol. The van der Waals surface area contributed by atoms with Gasteiger partial charge < -0.3 is 24.6 Å². The molecule has 0 unspecified atom stereocenters. The Morgan fingerprint density at radius 1 is 1.03 bits per heavy atom. The van der Waals surface area contributed by atoms with E-state index in [1.54, 1.807) is 24.3 Å². The van der Waals surface area contributed by atoms with Gasteiger partial charge in [-0.2, -0.15) is 0 Å². The van der Waals surface area contributed by atoms with Crippen molar-refractivity contribution in [2.45, 2.75) is 19.9 Å². The molecular weight excluding hydrogens is 398 g/mol. The number of Topliss-reactive ketones (excluding diaryl/α,β-unsaturated/α-hetero) is 1. The Morgan fingerprint density at radius 2 is 1.71 bits per heavy atom. The summed E-state index contributed by atoms with van der Waals surface area (Å²) >= 11 is 0. The number of likely N-dealkylation sites (tertiary alicyclic amines) is 1. The number of benzene rings is 2. The first-order valence-electron chi connectivity index (χ1n) is 10.2. The van der Waals surface area contributed by atoms with Crippen LogP contribution in [0.4, 0.5) is 0 Å². The lowest BCUT2D eigenvalue weighted by molar-refractivity contribution is -0.140. The molecule has 164 valence electrons. The summed E-state index contributed by atoms with van der Waals surface area (Å²) in [7, 11) is 0. The van der Waals surface area contributed by atoms with E-state index in [9.17, 15) is 14.7 Å². The Hall–Kier alpha value is -3.16. The summed E-state index contributed by atoms with van der Waals surface area (Å²) in [5, 5.41) is 19.9. The zero-order valence-electron chi connectivity index (χ0n) is 17.7. The molecule has 0 aromatic heterocycles. The quantitative estimate of drug-likeness (QED) is 0.278. The highest BCUT2D eigenvalue weighted by molar-refractivity contribution is 6.46. The fourth-order valence-corrected chi connectivity index (χ4v) is 3.57. The molecule has 1 aliphatic heterocycles. The number of amides is 1. The van der Waals surface area contributed by atoms with Gasteiger partial charge in [0.1, 0.15) is 11.5 Å². The van der Waals surface area contributed by atoms with E-state index in [0.717, 1.165) is 11.1 Å². The molecule has 0 radical (unpaired) electrons. The van der Waals surface area contributed by atoms with Crippen molar-refractivity contribution in [1.82, 2.24) is 4.90 Å². The Balaban J connectivity index is 2.02. The van der Waals surface area contributed by atoms with Gasteiger partial charge in [-0.05, 0) is 43.7 Å². The van der Waals surface area contributed by atoms with Crippen LogP contribution in [0.25, 0.3) is 5.76 Å². The van der Waals surface area contributed by atoms with E-state index in [2.05, 4.69) is 0 Å². The topological polar surface area (TPSA) is 96.3 Å². The zero-order valence-corrected chi connectivity index (χ0v) is 17.7. The second-order valence-electron chi connectivity index (χ2n) is 7.20. The second-order valence-corrected chi connectivity index (χ2v) is 7.20. The summed E-state index contributed by atoms with van der Waals surface area (Å²) in [5.74, 6) is -1.01. The maximum Gasteiger partial charge on any atom is 0.295 e. The number of hydrogen-bond acceptors (Lipinski definition) is 6. The molecule has 2 N–H and O–H groups in total. The van der Waals surface area contributed by atoms with Crippen LogP contribution in [0.2, 0.25) is 0 Å². The van der Waals surface area contributed by atoms with Gasteiger partial charge in [-0.1, -0.05) is 29.8 Å². The first-order valence-corrected chi connectivity index (χ1v) is 10.2. The third kappa shape index (κ3) is 4.95. The molecule has 0 spiro atoms. The molecule has 0 bridgehead atoms. The minimum atomic E-state index is -0.737. The Bertz CT molecular complexity index is 949. The Kier molecular flexibility index (Phi) is 7.44. The van der Waals surface area contributed by atoms with E-state index in [4.69, 9.17) is 14.6 Å². The number of hydrogen-bond donors (Lipinski definition) is 2.